The fourth-order valence-corrected chi connectivity index (χ4v) is 5.53. The molecule has 2 N–H and O–H groups in total. The Morgan fingerprint density at radius 3 is 2.94 bits per heavy atom. The van der Waals surface area contributed by atoms with Crippen LogP contribution in [-0.4, -0.2) is 61.4 Å². The van der Waals surface area contributed by atoms with Crippen molar-refractivity contribution in [3.8, 4) is 0 Å². The van der Waals surface area contributed by atoms with Crippen molar-refractivity contribution in [3.05, 3.63) is 59.2 Å². The van der Waals surface area contributed by atoms with E-state index in [1.807, 2.05) is 4.90 Å². The molecule has 1 saturated heterocycles. The molecule has 0 bridgehead atoms. The van der Waals surface area contributed by atoms with E-state index in [4.69, 9.17) is 4.74 Å². The summed E-state index contributed by atoms with van der Waals surface area (Å²) in [5, 5.41) is 13.9. The van der Waals surface area contributed by atoms with Crippen LogP contribution in [0.3, 0.4) is 0 Å². The molecule has 1 amide bonds. The number of aryl methyl sites for hydroxylation is 2. The molecule has 4 rings (SSSR count). The number of hydrogen-bond donors (Lipinski definition) is 2. The normalized spacial score (nSPS) is 27.7. The summed E-state index contributed by atoms with van der Waals surface area (Å²) in [7, 11) is 0. The van der Waals surface area contributed by atoms with Crippen LogP contribution in [0.4, 0.5) is 0 Å². The number of hydrogen-bond acceptors (Lipinski definition) is 4. The summed E-state index contributed by atoms with van der Waals surface area (Å²) < 4.78 is 5.31. The van der Waals surface area contributed by atoms with Gasteiger partial charge in [0.25, 0.3) is 0 Å². The average molecular weight is 439 g/mol. The summed E-state index contributed by atoms with van der Waals surface area (Å²) in [6.07, 6.45) is 11.7. The first-order valence-electron chi connectivity index (χ1n) is 12.3. The van der Waals surface area contributed by atoms with Crippen molar-refractivity contribution in [2.75, 3.05) is 39.4 Å². The lowest BCUT2D eigenvalue weighted by atomic mass is 9.89. The summed E-state index contributed by atoms with van der Waals surface area (Å²) in [5.41, 5.74) is 4.17. The number of aliphatic hydroxyl groups is 1. The van der Waals surface area contributed by atoms with E-state index in [2.05, 4.69) is 54.7 Å². The van der Waals surface area contributed by atoms with E-state index in [0.29, 0.717) is 44.7 Å². The molecule has 3 aliphatic rings. The molecule has 0 radical (unpaired) electrons. The van der Waals surface area contributed by atoms with Crippen LogP contribution in [0.15, 0.2) is 48.1 Å². The molecule has 4 atom stereocenters. The van der Waals surface area contributed by atoms with Crippen molar-refractivity contribution in [1.29, 1.82) is 0 Å². The maximum atomic E-state index is 12.2. The number of nitrogens with one attached hydrogen (secondary N) is 1. The van der Waals surface area contributed by atoms with Gasteiger partial charge in [-0.15, -0.1) is 0 Å². The standard InChI is InChI=1S/C27H38N2O3/c1-20-5-4-7-21(15-20)6-2-3-8-24-25-17-22(16-23(25)18-26(24)30)9-10-28-19-27(31)29-11-13-32-14-12-29/h3-5,7-8,15-16,23-26,28,30H,2,6,9-14,17-19H2,1H3/t23-,24+,25-,26+/m0/s1. The van der Waals surface area contributed by atoms with Crippen molar-refractivity contribution in [3.63, 3.8) is 0 Å². The molecular weight excluding hydrogens is 400 g/mol. The van der Waals surface area contributed by atoms with Crippen molar-refractivity contribution in [2.45, 2.75) is 45.1 Å². The molecule has 0 aromatic heterocycles. The predicted molar refractivity (Wildman–Crippen MR) is 127 cm³/mol. The Bertz CT molecular complexity index is 828. The summed E-state index contributed by atoms with van der Waals surface area (Å²) in [6, 6.07) is 8.70. The number of benzene rings is 1. The Morgan fingerprint density at radius 1 is 1.28 bits per heavy atom. The number of aliphatic hydroxyl groups excluding tert-OH is 1. The van der Waals surface area contributed by atoms with Gasteiger partial charge in [-0.05, 0) is 63.0 Å². The number of morpholine rings is 1. The van der Waals surface area contributed by atoms with Gasteiger partial charge in [-0.3, -0.25) is 4.79 Å². The van der Waals surface area contributed by atoms with Gasteiger partial charge in [0, 0.05) is 19.0 Å². The lowest BCUT2D eigenvalue weighted by Crippen LogP contribution is -2.44. The van der Waals surface area contributed by atoms with Crippen molar-refractivity contribution in [2.24, 2.45) is 17.8 Å². The summed E-state index contributed by atoms with van der Waals surface area (Å²) in [5.74, 6) is 1.47. The van der Waals surface area contributed by atoms with Crippen molar-refractivity contribution in [1.82, 2.24) is 10.2 Å². The second-order valence-corrected chi connectivity index (χ2v) is 9.61. The van der Waals surface area contributed by atoms with Gasteiger partial charge < -0.3 is 20.1 Å². The molecule has 0 unspecified atom stereocenters. The van der Waals surface area contributed by atoms with Gasteiger partial charge in [0.05, 0.1) is 25.9 Å². The molecule has 0 spiro atoms. The summed E-state index contributed by atoms with van der Waals surface area (Å²) in [4.78, 5) is 14.1. The molecule has 1 heterocycles. The SMILES string of the molecule is Cc1cccc(CCC=C[C@@H]2[C@H]3CC(CCNCC(=O)N4CCOCC4)=C[C@H]3C[C@H]2O)c1. The van der Waals surface area contributed by atoms with E-state index in [-0.39, 0.29) is 17.9 Å². The first kappa shape index (κ1) is 23.2. The second kappa shape index (κ2) is 11.3. The predicted octanol–water partition coefficient (Wildman–Crippen LogP) is 3.27. The molecule has 2 fully saturated rings. The number of carbonyl (C=O) groups is 1. The van der Waals surface area contributed by atoms with E-state index >= 15 is 0 Å². The number of amides is 1. The first-order valence-corrected chi connectivity index (χ1v) is 12.3. The summed E-state index contributed by atoms with van der Waals surface area (Å²) in [6.45, 7) is 6.08. The maximum Gasteiger partial charge on any atom is 0.236 e. The van der Waals surface area contributed by atoms with Crippen LogP contribution < -0.4 is 5.32 Å². The zero-order valence-electron chi connectivity index (χ0n) is 19.3. The third-order valence-electron chi connectivity index (χ3n) is 7.25. The Kier molecular flexibility index (Phi) is 8.17. The van der Waals surface area contributed by atoms with Crippen LogP contribution >= 0.6 is 0 Å². The number of allylic oxidation sites excluding steroid dienone is 2. The minimum absolute atomic E-state index is 0.171. The molecule has 1 aromatic carbocycles. The highest BCUT2D eigenvalue weighted by Gasteiger charge is 2.43. The lowest BCUT2D eigenvalue weighted by Gasteiger charge is -2.27. The van der Waals surface area contributed by atoms with Crippen LogP contribution in [0, 0.1) is 24.7 Å². The van der Waals surface area contributed by atoms with Gasteiger partial charge in [0.2, 0.25) is 5.91 Å². The van der Waals surface area contributed by atoms with E-state index < -0.39 is 0 Å². The molecule has 2 aliphatic carbocycles. The van der Waals surface area contributed by atoms with Gasteiger partial charge in [0.15, 0.2) is 0 Å². The highest BCUT2D eigenvalue weighted by molar-refractivity contribution is 5.78. The molecule has 5 heteroatoms. The summed E-state index contributed by atoms with van der Waals surface area (Å²) >= 11 is 0. The topological polar surface area (TPSA) is 61.8 Å². The zero-order valence-corrected chi connectivity index (χ0v) is 19.3. The third kappa shape index (κ3) is 6.09. The monoisotopic (exact) mass is 438 g/mol. The van der Waals surface area contributed by atoms with Crippen LogP contribution in [0.2, 0.25) is 0 Å². The Labute approximate surface area is 192 Å². The van der Waals surface area contributed by atoms with Crippen molar-refractivity contribution >= 4 is 5.91 Å². The van der Waals surface area contributed by atoms with Crippen LogP contribution in [-0.2, 0) is 16.0 Å². The van der Waals surface area contributed by atoms with Crippen LogP contribution in [0.1, 0.15) is 36.8 Å². The van der Waals surface area contributed by atoms with Gasteiger partial charge in [-0.25, -0.2) is 0 Å². The average Bonchev–Trinajstić information content (AvgIpc) is 3.31. The molecule has 32 heavy (non-hydrogen) atoms. The third-order valence-corrected chi connectivity index (χ3v) is 7.25. The fraction of sp³-hybridized carbons (Fsp3) is 0.593. The number of nitrogens with zero attached hydrogens (tertiary/aromatic N) is 1. The number of fused-ring (bicyclic) bond motifs is 1. The molecule has 174 valence electrons. The van der Waals surface area contributed by atoms with Crippen molar-refractivity contribution < 1.29 is 14.6 Å². The molecule has 1 aliphatic heterocycles. The van der Waals surface area contributed by atoms with E-state index in [9.17, 15) is 9.90 Å². The fourth-order valence-electron chi connectivity index (χ4n) is 5.53. The number of rotatable bonds is 9. The first-order chi connectivity index (χ1) is 15.6. The molecule has 1 saturated carbocycles. The quantitative estimate of drug-likeness (QED) is 0.459. The van der Waals surface area contributed by atoms with Gasteiger partial charge >= 0.3 is 0 Å². The van der Waals surface area contributed by atoms with E-state index in [1.165, 1.54) is 16.7 Å². The lowest BCUT2D eigenvalue weighted by molar-refractivity contribution is -0.134. The highest BCUT2D eigenvalue weighted by atomic mass is 16.5. The Morgan fingerprint density at radius 2 is 2.12 bits per heavy atom. The minimum Gasteiger partial charge on any atom is -0.392 e. The minimum atomic E-state index is -0.220. The number of ether oxygens (including phenoxy) is 1. The maximum absolute atomic E-state index is 12.2. The van der Waals surface area contributed by atoms with Crippen LogP contribution in [0.5, 0.6) is 0 Å². The Hall–Kier alpha value is -1.95. The zero-order chi connectivity index (χ0) is 22.3. The molecule has 1 aromatic rings. The van der Waals surface area contributed by atoms with E-state index in [0.717, 1.165) is 38.6 Å². The van der Waals surface area contributed by atoms with Gasteiger partial charge in [0.1, 0.15) is 0 Å². The van der Waals surface area contributed by atoms with E-state index in [1.54, 1.807) is 0 Å². The van der Waals surface area contributed by atoms with Gasteiger partial charge in [-0.1, -0.05) is 53.6 Å². The number of carbonyl (C=O) groups excluding carboxylic acids is 1. The Balaban J connectivity index is 1.17. The van der Waals surface area contributed by atoms with Crippen LogP contribution in [0.25, 0.3) is 0 Å². The second-order valence-electron chi connectivity index (χ2n) is 9.61. The smallest absolute Gasteiger partial charge is 0.236 e. The molecule has 5 nitrogen and oxygen atoms in total. The van der Waals surface area contributed by atoms with Gasteiger partial charge in [-0.2, -0.15) is 0 Å². The largest absolute Gasteiger partial charge is 0.392 e. The highest BCUT2D eigenvalue weighted by Crippen LogP contribution is 2.47. The molecular formula is C27H38N2O3.